The van der Waals surface area contributed by atoms with Crippen molar-refractivity contribution in [1.29, 1.82) is 0 Å². The van der Waals surface area contributed by atoms with Gasteiger partial charge in [0.05, 0.1) is 0 Å². The standard InChI is InChI=1S/C17H23N3O3/c1-12-8-13(2)10-15(9-12)18-16(22)11-17(23)20-6-4-19(5-7-20)14(3)21/h8-10H,4-7,11H2,1-3H3,(H,18,22). The maximum absolute atomic E-state index is 12.2. The highest BCUT2D eigenvalue weighted by Gasteiger charge is 2.23. The molecule has 1 aliphatic heterocycles. The summed E-state index contributed by atoms with van der Waals surface area (Å²) in [5.74, 6) is -0.492. The second-order valence-electron chi connectivity index (χ2n) is 5.99. The molecule has 1 heterocycles. The molecule has 1 N–H and O–H groups in total. The summed E-state index contributed by atoms with van der Waals surface area (Å²) in [6.07, 6.45) is -0.174. The van der Waals surface area contributed by atoms with Crippen LogP contribution >= 0.6 is 0 Å². The maximum Gasteiger partial charge on any atom is 0.233 e. The summed E-state index contributed by atoms with van der Waals surface area (Å²) in [6, 6.07) is 5.78. The fourth-order valence-corrected chi connectivity index (χ4v) is 2.77. The number of piperazine rings is 1. The predicted octanol–water partition coefficient (Wildman–Crippen LogP) is 1.32. The van der Waals surface area contributed by atoms with E-state index in [1.807, 2.05) is 32.0 Å². The van der Waals surface area contributed by atoms with Crippen molar-refractivity contribution < 1.29 is 14.4 Å². The smallest absolute Gasteiger partial charge is 0.233 e. The number of rotatable bonds is 3. The van der Waals surface area contributed by atoms with Crippen molar-refractivity contribution in [2.75, 3.05) is 31.5 Å². The molecule has 0 atom stereocenters. The number of aryl methyl sites for hydroxylation is 2. The normalized spacial score (nSPS) is 14.6. The summed E-state index contributed by atoms with van der Waals surface area (Å²) in [5, 5.41) is 2.77. The Labute approximate surface area is 136 Å². The first-order valence-corrected chi connectivity index (χ1v) is 7.76. The zero-order chi connectivity index (χ0) is 17.0. The molecule has 0 aliphatic carbocycles. The van der Waals surface area contributed by atoms with Crippen LogP contribution in [0.25, 0.3) is 0 Å². The van der Waals surface area contributed by atoms with Crippen LogP contribution in [-0.2, 0) is 14.4 Å². The van der Waals surface area contributed by atoms with Crippen LogP contribution < -0.4 is 5.32 Å². The number of nitrogens with zero attached hydrogens (tertiary/aromatic N) is 2. The van der Waals surface area contributed by atoms with Gasteiger partial charge in [-0.2, -0.15) is 0 Å². The Bertz CT molecular complexity index is 599. The van der Waals surface area contributed by atoms with Crippen molar-refractivity contribution in [3.05, 3.63) is 29.3 Å². The number of benzene rings is 1. The molecule has 1 aromatic rings. The molecule has 2 rings (SSSR count). The molecule has 0 aromatic heterocycles. The van der Waals surface area contributed by atoms with Gasteiger partial charge in [0, 0.05) is 38.8 Å². The Morgan fingerprint density at radius 2 is 1.48 bits per heavy atom. The van der Waals surface area contributed by atoms with Crippen LogP contribution in [0.15, 0.2) is 18.2 Å². The Morgan fingerprint density at radius 1 is 0.957 bits per heavy atom. The molecule has 0 radical (unpaired) electrons. The monoisotopic (exact) mass is 317 g/mol. The fourth-order valence-electron chi connectivity index (χ4n) is 2.77. The maximum atomic E-state index is 12.2. The van der Waals surface area contributed by atoms with Gasteiger partial charge in [0.1, 0.15) is 6.42 Å². The van der Waals surface area contributed by atoms with Gasteiger partial charge in [-0.1, -0.05) is 6.07 Å². The molecule has 0 bridgehead atoms. The summed E-state index contributed by atoms with van der Waals surface area (Å²) in [6.45, 7) is 7.46. The van der Waals surface area contributed by atoms with E-state index < -0.39 is 0 Å². The third kappa shape index (κ3) is 4.81. The zero-order valence-corrected chi connectivity index (χ0v) is 13.9. The lowest BCUT2D eigenvalue weighted by Crippen LogP contribution is -2.50. The molecule has 6 heteroatoms. The molecule has 0 saturated carbocycles. The summed E-state index contributed by atoms with van der Waals surface area (Å²) >= 11 is 0. The van der Waals surface area contributed by atoms with Gasteiger partial charge in [-0.3, -0.25) is 14.4 Å². The fraction of sp³-hybridized carbons (Fsp3) is 0.471. The number of nitrogens with one attached hydrogen (secondary N) is 1. The molecule has 0 unspecified atom stereocenters. The van der Waals surface area contributed by atoms with Gasteiger partial charge in [-0.25, -0.2) is 0 Å². The van der Waals surface area contributed by atoms with Crippen LogP contribution in [0.5, 0.6) is 0 Å². The predicted molar refractivity (Wildman–Crippen MR) is 88.0 cm³/mol. The van der Waals surface area contributed by atoms with E-state index in [-0.39, 0.29) is 24.1 Å². The average molecular weight is 317 g/mol. The number of carbonyl (C=O) groups excluding carboxylic acids is 3. The molecule has 3 amide bonds. The minimum atomic E-state index is -0.311. The van der Waals surface area contributed by atoms with E-state index in [0.717, 1.165) is 11.1 Å². The van der Waals surface area contributed by atoms with Crippen molar-refractivity contribution in [3.8, 4) is 0 Å². The van der Waals surface area contributed by atoms with E-state index >= 15 is 0 Å². The zero-order valence-electron chi connectivity index (χ0n) is 13.9. The second-order valence-corrected chi connectivity index (χ2v) is 5.99. The van der Waals surface area contributed by atoms with Crippen LogP contribution in [0.1, 0.15) is 24.5 Å². The van der Waals surface area contributed by atoms with E-state index in [0.29, 0.717) is 31.9 Å². The van der Waals surface area contributed by atoms with Gasteiger partial charge in [0.25, 0.3) is 0 Å². The van der Waals surface area contributed by atoms with Crippen molar-refractivity contribution in [2.45, 2.75) is 27.2 Å². The quantitative estimate of drug-likeness (QED) is 0.855. The first kappa shape index (κ1) is 17.0. The van der Waals surface area contributed by atoms with Gasteiger partial charge in [0.2, 0.25) is 17.7 Å². The topological polar surface area (TPSA) is 69.7 Å². The van der Waals surface area contributed by atoms with Crippen molar-refractivity contribution in [2.24, 2.45) is 0 Å². The Balaban J connectivity index is 1.85. The Kier molecular flexibility index (Phi) is 5.36. The lowest BCUT2D eigenvalue weighted by Gasteiger charge is -2.34. The average Bonchev–Trinajstić information content (AvgIpc) is 2.45. The minimum absolute atomic E-state index is 0.0182. The van der Waals surface area contributed by atoms with E-state index in [1.54, 1.807) is 9.80 Å². The third-order valence-corrected chi connectivity index (χ3v) is 3.89. The molecule has 23 heavy (non-hydrogen) atoms. The molecular formula is C17H23N3O3. The van der Waals surface area contributed by atoms with Crippen LogP contribution in [0.4, 0.5) is 5.69 Å². The highest BCUT2D eigenvalue weighted by Crippen LogP contribution is 2.14. The molecule has 1 fully saturated rings. The molecule has 6 nitrogen and oxygen atoms in total. The summed E-state index contributed by atoms with van der Waals surface area (Å²) in [5.41, 5.74) is 2.83. The van der Waals surface area contributed by atoms with Gasteiger partial charge in [0.15, 0.2) is 0 Å². The highest BCUT2D eigenvalue weighted by atomic mass is 16.2. The molecular weight excluding hydrogens is 294 g/mol. The van der Waals surface area contributed by atoms with Gasteiger partial charge < -0.3 is 15.1 Å². The second kappa shape index (κ2) is 7.26. The highest BCUT2D eigenvalue weighted by molar-refractivity contribution is 6.03. The lowest BCUT2D eigenvalue weighted by atomic mass is 10.1. The molecule has 1 saturated heterocycles. The van der Waals surface area contributed by atoms with Crippen LogP contribution in [-0.4, -0.2) is 53.7 Å². The van der Waals surface area contributed by atoms with E-state index in [1.165, 1.54) is 6.92 Å². The largest absolute Gasteiger partial charge is 0.339 e. The molecule has 1 aliphatic rings. The molecule has 124 valence electrons. The first-order chi connectivity index (χ1) is 10.8. The summed E-state index contributed by atoms with van der Waals surface area (Å²) < 4.78 is 0. The van der Waals surface area contributed by atoms with Gasteiger partial charge in [-0.15, -0.1) is 0 Å². The molecule has 0 spiro atoms. The lowest BCUT2D eigenvalue weighted by molar-refractivity contribution is -0.140. The summed E-state index contributed by atoms with van der Waals surface area (Å²) in [4.78, 5) is 38.8. The first-order valence-electron chi connectivity index (χ1n) is 7.76. The van der Waals surface area contributed by atoms with Crippen molar-refractivity contribution in [3.63, 3.8) is 0 Å². The van der Waals surface area contributed by atoms with E-state index in [2.05, 4.69) is 5.32 Å². The number of carbonyl (C=O) groups is 3. The minimum Gasteiger partial charge on any atom is -0.339 e. The third-order valence-electron chi connectivity index (χ3n) is 3.89. The van der Waals surface area contributed by atoms with E-state index in [9.17, 15) is 14.4 Å². The van der Waals surface area contributed by atoms with E-state index in [4.69, 9.17) is 0 Å². The number of hydrogen-bond acceptors (Lipinski definition) is 3. The van der Waals surface area contributed by atoms with Crippen LogP contribution in [0, 0.1) is 13.8 Å². The van der Waals surface area contributed by atoms with Gasteiger partial charge >= 0.3 is 0 Å². The number of amides is 3. The Hall–Kier alpha value is -2.37. The van der Waals surface area contributed by atoms with Crippen molar-refractivity contribution >= 4 is 23.4 Å². The van der Waals surface area contributed by atoms with Crippen LogP contribution in [0.3, 0.4) is 0 Å². The summed E-state index contributed by atoms with van der Waals surface area (Å²) in [7, 11) is 0. The number of hydrogen-bond donors (Lipinski definition) is 1. The SMILES string of the molecule is CC(=O)N1CCN(C(=O)CC(=O)Nc2cc(C)cc(C)c2)CC1. The van der Waals surface area contributed by atoms with Crippen molar-refractivity contribution in [1.82, 2.24) is 9.80 Å². The van der Waals surface area contributed by atoms with Gasteiger partial charge in [-0.05, 0) is 37.1 Å². The number of anilines is 1. The Morgan fingerprint density at radius 3 is 2.00 bits per heavy atom. The van der Waals surface area contributed by atoms with Crippen LogP contribution in [0.2, 0.25) is 0 Å². The molecule has 1 aromatic carbocycles.